The molecule has 0 atom stereocenters. The van der Waals surface area contributed by atoms with Crippen LogP contribution in [0.1, 0.15) is 18.4 Å². The van der Waals surface area contributed by atoms with Crippen molar-refractivity contribution in [1.82, 2.24) is 14.9 Å². The van der Waals surface area contributed by atoms with Crippen molar-refractivity contribution in [2.24, 2.45) is 0 Å². The summed E-state index contributed by atoms with van der Waals surface area (Å²) in [6.45, 7) is 1.41. The minimum Gasteiger partial charge on any atom is -0.473 e. The number of aromatic nitrogens is 2. The van der Waals surface area contributed by atoms with Crippen molar-refractivity contribution in [2.45, 2.75) is 25.4 Å². The maximum atomic E-state index is 12.9. The van der Waals surface area contributed by atoms with E-state index in [1.165, 1.54) is 5.39 Å². The second kappa shape index (κ2) is 8.11. The molecule has 0 radical (unpaired) electrons. The molecule has 150 valence electrons. The van der Waals surface area contributed by atoms with Gasteiger partial charge >= 0.3 is 0 Å². The third-order valence-electron chi connectivity index (χ3n) is 5.73. The van der Waals surface area contributed by atoms with E-state index >= 15 is 0 Å². The van der Waals surface area contributed by atoms with Crippen LogP contribution >= 0.6 is 0 Å². The number of rotatable bonds is 4. The first-order chi connectivity index (χ1) is 14.8. The monoisotopic (exact) mass is 397 g/mol. The Morgan fingerprint density at radius 3 is 2.53 bits per heavy atom. The Morgan fingerprint density at radius 2 is 1.67 bits per heavy atom. The van der Waals surface area contributed by atoms with Crippen LogP contribution in [-0.4, -0.2) is 40.0 Å². The van der Waals surface area contributed by atoms with E-state index in [9.17, 15) is 4.79 Å². The third-order valence-corrected chi connectivity index (χ3v) is 5.73. The van der Waals surface area contributed by atoms with Crippen LogP contribution < -0.4 is 4.74 Å². The molecule has 0 aliphatic carbocycles. The van der Waals surface area contributed by atoms with Crippen molar-refractivity contribution in [2.75, 3.05) is 13.1 Å². The Kier molecular flexibility index (Phi) is 5.01. The van der Waals surface area contributed by atoms with Gasteiger partial charge in [-0.05, 0) is 28.5 Å². The van der Waals surface area contributed by atoms with Gasteiger partial charge in [0, 0.05) is 25.9 Å². The van der Waals surface area contributed by atoms with Gasteiger partial charge < -0.3 is 9.64 Å². The Morgan fingerprint density at radius 1 is 0.933 bits per heavy atom. The number of para-hydroxylation sites is 2. The first-order valence-electron chi connectivity index (χ1n) is 10.4. The van der Waals surface area contributed by atoms with E-state index in [-0.39, 0.29) is 12.0 Å². The van der Waals surface area contributed by atoms with E-state index < -0.39 is 0 Å². The number of carbonyl (C=O) groups excluding carboxylic acids is 1. The normalized spacial score (nSPS) is 14.9. The highest BCUT2D eigenvalue weighted by molar-refractivity contribution is 5.90. The van der Waals surface area contributed by atoms with E-state index in [1.54, 1.807) is 6.20 Å². The molecule has 2 heterocycles. The van der Waals surface area contributed by atoms with E-state index in [4.69, 9.17) is 4.74 Å². The fourth-order valence-electron chi connectivity index (χ4n) is 4.11. The summed E-state index contributed by atoms with van der Waals surface area (Å²) in [5.74, 6) is 0.726. The minimum absolute atomic E-state index is 0.0575. The molecule has 0 bridgehead atoms. The Labute approximate surface area is 175 Å². The number of nitrogens with zero attached hydrogens (tertiary/aromatic N) is 3. The topological polar surface area (TPSA) is 55.3 Å². The van der Waals surface area contributed by atoms with Crippen LogP contribution in [0.15, 0.2) is 72.9 Å². The van der Waals surface area contributed by atoms with Crippen molar-refractivity contribution in [3.63, 3.8) is 0 Å². The van der Waals surface area contributed by atoms with Crippen LogP contribution in [0.5, 0.6) is 5.88 Å². The summed E-state index contributed by atoms with van der Waals surface area (Å²) in [7, 11) is 0. The van der Waals surface area contributed by atoms with Gasteiger partial charge in [-0.3, -0.25) is 4.79 Å². The number of piperidine rings is 1. The number of likely N-dealkylation sites (tertiary alicyclic amines) is 1. The lowest BCUT2D eigenvalue weighted by molar-refractivity contribution is -0.132. The van der Waals surface area contributed by atoms with Crippen LogP contribution in [-0.2, 0) is 11.2 Å². The summed E-state index contributed by atoms with van der Waals surface area (Å²) >= 11 is 0. The Balaban J connectivity index is 1.20. The van der Waals surface area contributed by atoms with E-state index in [0.717, 1.165) is 34.8 Å². The zero-order chi connectivity index (χ0) is 20.3. The molecule has 1 aliphatic rings. The van der Waals surface area contributed by atoms with Crippen LogP contribution in [0.2, 0.25) is 0 Å². The summed E-state index contributed by atoms with van der Waals surface area (Å²) in [6.07, 6.45) is 3.77. The first-order valence-corrected chi connectivity index (χ1v) is 10.4. The molecular formula is C25H23N3O2. The van der Waals surface area contributed by atoms with Crippen LogP contribution in [0.25, 0.3) is 21.8 Å². The molecular weight excluding hydrogens is 374 g/mol. The molecule has 0 N–H and O–H groups in total. The SMILES string of the molecule is O=C(Cc1cccc2ccccc12)N1CCC(Oc2cnc3ccccc3n2)CC1. The zero-order valence-corrected chi connectivity index (χ0v) is 16.7. The molecule has 0 spiro atoms. The number of ether oxygens (including phenoxy) is 1. The van der Waals surface area contributed by atoms with Gasteiger partial charge in [0.25, 0.3) is 0 Å². The summed E-state index contributed by atoms with van der Waals surface area (Å²) in [5, 5.41) is 2.33. The highest BCUT2D eigenvalue weighted by Crippen LogP contribution is 2.22. The largest absolute Gasteiger partial charge is 0.473 e. The maximum Gasteiger partial charge on any atom is 0.233 e. The summed E-state index contributed by atoms with van der Waals surface area (Å²) < 4.78 is 6.06. The molecule has 1 aromatic heterocycles. The zero-order valence-electron chi connectivity index (χ0n) is 16.7. The molecule has 0 unspecified atom stereocenters. The Bertz CT molecular complexity index is 1190. The maximum absolute atomic E-state index is 12.9. The molecule has 1 saturated heterocycles. The van der Waals surface area contributed by atoms with Gasteiger partial charge in [-0.25, -0.2) is 9.97 Å². The van der Waals surface area contributed by atoms with Gasteiger partial charge in [0.2, 0.25) is 11.8 Å². The van der Waals surface area contributed by atoms with Gasteiger partial charge in [0.05, 0.1) is 23.7 Å². The fraction of sp³-hybridized carbons (Fsp3) is 0.240. The summed E-state index contributed by atoms with van der Waals surface area (Å²) in [4.78, 5) is 23.8. The second-order valence-electron chi connectivity index (χ2n) is 7.71. The average molecular weight is 397 g/mol. The van der Waals surface area contributed by atoms with E-state index in [1.807, 2.05) is 47.4 Å². The van der Waals surface area contributed by atoms with Gasteiger partial charge in [0.1, 0.15) is 6.10 Å². The number of carbonyl (C=O) groups is 1. The van der Waals surface area contributed by atoms with E-state index in [0.29, 0.717) is 25.4 Å². The highest BCUT2D eigenvalue weighted by Gasteiger charge is 2.24. The summed E-state index contributed by atoms with van der Waals surface area (Å²) in [6, 6.07) is 22.1. The molecule has 4 aromatic rings. The number of benzene rings is 3. The number of amides is 1. The number of hydrogen-bond donors (Lipinski definition) is 0. The summed E-state index contributed by atoms with van der Waals surface area (Å²) in [5.41, 5.74) is 2.78. The molecule has 5 heteroatoms. The highest BCUT2D eigenvalue weighted by atomic mass is 16.5. The number of hydrogen-bond acceptors (Lipinski definition) is 4. The van der Waals surface area contributed by atoms with Crippen LogP contribution in [0.3, 0.4) is 0 Å². The van der Waals surface area contributed by atoms with Crippen molar-refractivity contribution >= 4 is 27.7 Å². The standard InChI is InChI=1S/C25H23N3O2/c29-25(16-19-8-5-7-18-6-1-2-9-21(18)19)28-14-12-20(13-15-28)30-24-17-26-22-10-3-4-11-23(22)27-24/h1-11,17,20H,12-16H2. The fourth-order valence-corrected chi connectivity index (χ4v) is 4.11. The van der Waals surface area contributed by atoms with Crippen LogP contribution in [0, 0.1) is 0 Å². The number of fused-ring (bicyclic) bond motifs is 2. The third kappa shape index (κ3) is 3.83. The molecule has 1 amide bonds. The van der Waals surface area contributed by atoms with Gasteiger partial charge in [-0.15, -0.1) is 0 Å². The first kappa shape index (κ1) is 18.6. The molecule has 1 aliphatic heterocycles. The molecule has 5 rings (SSSR count). The molecule has 0 saturated carbocycles. The minimum atomic E-state index is 0.0575. The predicted octanol–water partition coefficient (Wildman–Crippen LogP) is 4.40. The van der Waals surface area contributed by atoms with Crippen LogP contribution in [0.4, 0.5) is 0 Å². The van der Waals surface area contributed by atoms with Crippen molar-refractivity contribution < 1.29 is 9.53 Å². The van der Waals surface area contributed by atoms with Gasteiger partial charge in [0.15, 0.2) is 0 Å². The smallest absolute Gasteiger partial charge is 0.233 e. The van der Waals surface area contributed by atoms with Gasteiger partial charge in [-0.2, -0.15) is 0 Å². The average Bonchev–Trinajstić information content (AvgIpc) is 2.80. The molecule has 5 nitrogen and oxygen atoms in total. The lowest BCUT2D eigenvalue weighted by Crippen LogP contribution is -2.42. The quantitative estimate of drug-likeness (QED) is 0.512. The van der Waals surface area contributed by atoms with Crippen molar-refractivity contribution in [3.05, 3.63) is 78.5 Å². The molecule has 3 aromatic carbocycles. The van der Waals surface area contributed by atoms with Crippen molar-refractivity contribution in [3.8, 4) is 5.88 Å². The molecule has 1 fully saturated rings. The Hall–Kier alpha value is -3.47. The second-order valence-corrected chi connectivity index (χ2v) is 7.71. The molecule has 30 heavy (non-hydrogen) atoms. The van der Waals surface area contributed by atoms with Crippen molar-refractivity contribution in [1.29, 1.82) is 0 Å². The lowest BCUT2D eigenvalue weighted by Gasteiger charge is -2.32. The predicted molar refractivity (Wildman–Crippen MR) is 117 cm³/mol. The lowest BCUT2D eigenvalue weighted by atomic mass is 10.0. The van der Waals surface area contributed by atoms with Gasteiger partial charge in [-0.1, -0.05) is 54.6 Å². The van der Waals surface area contributed by atoms with E-state index in [2.05, 4.69) is 34.2 Å².